The Hall–Kier alpha value is -1.79. The van der Waals surface area contributed by atoms with Crippen molar-refractivity contribution < 1.29 is 14.3 Å². The fraction of sp³-hybridized carbons (Fsp3) is 0.750. The lowest BCUT2D eigenvalue weighted by atomic mass is 10.1. The number of hydrogen-bond acceptors (Lipinski definition) is 4. The first-order valence-corrected chi connectivity index (χ1v) is 6.19. The van der Waals surface area contributed by atoms with E-state index in [0.29, 0.717) is 19.4 Å². The lowest BCUT2D eigenvalue weighted by molar-refractivity contribution is -0.119. The molecule has 0 aliphatic rings. The molecule has 0 aromatic rings. The summed E-state index contributed by atoms with van der Waals surface area (Å²) in [6, 6.07) is -0.580. The molecule has 0 aliphatic heterocycles. The number of ketones is 1. The lowest BCUT2D eigenvalue weighted by Crippen LogP contribution is -2.43. The van der Waals surface area contributed by atoms with E-state index < -0.39 is 17.7 Å². The van der Waals surface area contributed by atoms with Gasteiger partial charge >= 0.3 is 6.09 Å². The molecule has 0 rings (SSSR count). The highest BCUT2D eigenvalue weighted by Gasteiger charge is 2.21. The number of nitrogens with two attached hydrogens (primary N) is 1. The standard InChI is InChI=1S/C12H24N4O3/c1-8(17)9(6-5-7-15-10(13)14)16-11(18)19-12(2,3)4/h9H,5-7H2,1-4H3,(H,16,18)(H4,13,14,15). The molecule has 0 fully saturated rings. The number of Topliss-reactive ketones (excluding diaryl/α,β-unsaturated/α-hetero) is 1. The van der Waals surface area contributed by atoms with E-state index in [1.54, 1.807) is 20.8 Å². The van der Waals surface area contributed by atoms with Crippen LogP contribution >= 0.6 is 0 Å². The zero-order valence-corrected chi connectivity index (χ0v) is 12.0. The second-order valence-corrected chi connectivity index (χ2v) is 5.29. The number of ether oxygens (including phenoxy) is 1. The Balaban J connectivity index is 4.16. The molecule has 1 amide bonds. The fourth-order valence-corrected chi connectivity index (χ4v) is 1.36. The van der Waals surface area contributed by atoms with Crippen molar-refractivity contribution in [2.75, 3.05) is 6.54 Å². The van der Waals surface area contributed by atoms with Crippen LogP contribution in [0.1, 0.15) is 40.5 Å². The minimum Gasteiger partial charge on any atom is -0.444 e. The minimum absolute atomic E-state index is 0.112. The van der Waals surface area contributed by atoms with Crippen LogP contribution in [0, 0.1) is 5.41 Å². The van der Waals surface area contributed by atoms with Crippen LogP contribution in [-0.4, -0.2) is 36.0 Å². The third kappa shape index (κ3) is 9.87. The highest BCUT2D eigenvalue weighted by atomic mass is 16.6. The van der Waals surface area contributed by atoms with E-state index in [1.165, 1.54) is 6.92 Å². The van der Waals surface area contributed by atoms with Gasteiger partial charge in [-0.15, -0.1) is 0 Å². The van der Waals surface area contributed by atoms with Gasteiger partial charge in [0.2, 0.25) is 0 Å². The smallest absolute Gasteiger partial charge is 0.408 e. The summed E-state index contributed by atoms with van der Waals surface area (Å²) in [5.74, 6) is -0.242. The van der Waals surface area contributed by atoms with Gasteiger partial charge in [0.25, 0.3) is 0 Å². The number of rotatable bonds is 6. The van der Waals surface area contributed by atoms with Crippen molar-refractivity contribution in [2.45, 2.75) is 52.2 Å². The van der Waals surface area contributed by atoms with Crippen molar-refractivity contribution in [3.63, 3.8) is 0 Å². The van der Waals surface area contributed by atoms with Crippen molar-refractivity contribution in [1.82, 2.24) is 10.6 Å². The number of carbonyl (C=O) groups is 2. The van der Waals surface area contributed by atoms with Crippen LogP contribution < -0.4 is 16.4 Å². The maximum atomic E-state index is 11.6. The van der Waals surface area contributed by atoms with Crippen molar-refractivity contribution >= 4 is 17.8 Å². The Bertz CT molecular complexity index is 336. The highest BCUT2D eigenvalue weighted by Crippen LogP contribution is 2.07. The van der Waals surface area contributed by atoms with Crippen LogP contribution in [0.3, 0.4) is 0 Å². The summed E-state index contributed by atoms with van der Waals surface area (Å²) >= 11 is 0. The number of alkyl carbamates (subject to hydrolysis) is 1. The maximum Gasteiger partial charge on any atom is 0.408 e. The average Bonchev–Trinajstić information content (AvgIpc) is 2.19. The summed E-state index contributed by atoms with van der Waals surface area (Å²) in [5.41, 5.74) is 4.54. The van der Waals surface area contributed by atoms with Crippen LogP contribution in [0.25, 0.3) is 0 Å². The second-order valence-electron chi connectivity index (χ2n) is 5.29. The van der Waals surface area contributed by atoms with Crippen molar-refractivity contribution in [1.29, 1.82) is 5.41 Å². The molecule has 0 saturated carbocycles. The first kappa shape index (κ1) is 17.2. The number of amides is 1. The molecule has 7 nitrogen and oxygen atoms in total. The number of hydrogen-bond donors (Lipinski definition) is 4. The van der Waals surface area contributed by atoms with E-state index in [2.05, 4.69) is 10.6 Å². The molecular formula is C12H24N4O3. The molecule has 1 unspecified atom stereocenters. The molecular weight excluding hydrogens is 248 g/mol. The van der Waals surface area contributed by atoms with Crippen LogP contribution in [0.4, 0.5) is 4.79 Å². The summed E-state index contributed by atoms with van der Waals surface area (Å²) in [6.07, 6.45) is 0.473. The van der Waals surface area contributed by atoms with Gasteiger partial charge in [-0.3, -0.25) is 10.2 Å². The minimum atomic E-state index is -0.604. The first-order chi connectivity index (χ1) is 8.61. The molecule has 0 aliphatic carbocycles. The summed E-state index contributed by atoms with van der Waals surface area (Å²) in [4.78, 5) is 23.0. The Kier molecular flexibility index (Phi) is 6.89. The van der Waals surface area contributed by atoms with Gasteiger partial charge in [0.15, 0.2) is 11.7 Å². The largest absolute Gasteiger partial charge is 0.444 e. The second kappa shape index (κ2) is 7.60. The van der Waals surface area contributed by atoms with Gasteiger partial charge in [0.05, 0.1) is 6.04 Å². The fourth-order valence-electron chi connectivity index (χ4n) is 1.36. The predicted octanol–water partition coefficient (Wildman–Crippen LogP) is 0.732. The Labute approximate surface area is 113 Å². The molecule has 0 bridgehead atoms. The first-order valence-electron chi connectivity index (χ1n) is 6.19. The lowest BCUT2D eigenvalue weighted by Gasteiger charge is -2.22. The highest BCUT2D eigenvalue weighted by molar-refractivity contribution is 5.85. The van der Waals surface area contributed by atoms with Gasteiger partial charge in [0.1, 0.15) is 5.60 Å². The molecule has 0 saturated heterocycles. The molecule has 1 atom stereocenters. The number of carbonyl (C=O) groups excluding carboxylic acids is 2. The monoisotopic (exact) mass is 272 g/mol. The molecule has 0 radical (unpaired) electrons. The Morgan fingerprint density at radius 3 is 2.37 bits per heavy atom. The average molecular weight is 272 g/mol. The molecule has 0 aromatic heterocycles. The molecule has 0 spiro atoms. The topological polar surface area (TPSA) is 117 Å². The summed E-state index contributed by atoms with van der Waals surface area (Å²) in [7, 11) is 0. The molecule has 5 N–H and O–H groups in total. The molecule has 19 heavy (non-hydrogen) atoms. The summed E-state index contributed by atoms with van der Waals surface area (Å²) in [5, 5.41) is 12.2. The third-order valence-corrected chi connectivity index (χ3v) is 2.17. The van der Waals surface area contributed by atoms with E-state index in [0.717, 1.165) is 0 Å². The normalized spacial score (nSPS) is 12.4. The maximum absolute atomic E-state index is 11.6. The van der Waals surface area contributed by atoms with Crippen LogP contribution in [0.15, 0.2) is 0 Å². The molecule has 110 valence electrons. The summed E-state index contributed by atoms with van der Waals surface area (Å²) in [6.45, 7) is 7.17. The van der Waals surface area contributed by atoms with Crippen LogP contribution in [0.5, 0.6) is 0 Å². The predicted molar refractivity (Wildman–Crippen MR) is 73.0 cm³/mol. The van der Waals surface area contributed by atoms with Gasteiger partial charge in [0, 0.05) is 6.54 Å². The number of nitrogens with one attached hydrogen (secondary N) is 3. The van der Waals surface area contributed by atoms with E-state index in [1.807, 2.05) is 0 Å². The van der Waals surface area contributed by atoms with Crippen molar-refractivity contribution in [2.24, 2.45) is 5.73 Å². The number of guanidine groups is 1. The van der Waals surface area contributed by atoms with Gasteiger partial charge in [-0.05, 0) is 40.5 Å². The zero-order chi connectivity index (χ0) is 15.1. The quantitative estimate of drug-likeness (QED) is 0.323. The van der Waals surface area contributed by atoms with Gasteiger partial charge in [-0.1, -0.05) is 0 Å². The van der Waals surface area contributed by atoms with E-state index in [4.69, 9.17) is 15.9 Å². The summed E-state index contributed by atoms with van der Waals surface area (Å²) < 4.78 is 5.09. The third-order valence-electron chi connectivity index (χ3n) is 2.17. The van der Waals surface area contributed by atoms with Crippen LogP contribution in [-0.2, 0) is 9.53 Å². The van der Waals surface area contributed by atoms with Crippen molar-refractivity contribution in [3.05, 3.63) is 0 Å². The Morgan fingerprint density at radius 1 is 1.37 bits per heavy atom. The Morgan fingerprint density at radius 2 is 1.95 bits per heavy atom. The van der Waals surface area contributed by atoms with E-state index >= 15 is 0 Å². The van der Waals surface area contributed by atoms with E-state index in [9.17, 15) is 9.59 Å². The van der Waals surface area contributed by atoms with Crippen LogP contribution in [0.2, 0.25) is 0 Å². The van der Waals surface area contributed by atoms with Gasteiger partial charge in [-0.25, -0.2) is 4.79 Å². The van der Waals surface area contributed by atoms with Crippen molar-refractivity contribution in [3.8, 4) is 0 Å². The molecule has 7 heteroatoms. The molecule has 0 heterocycles. The van der Waals surface area contributed by atoms with E-state index in [-0.39, 0.29) is 11.7 Å². The SMILES string of the molecule is CC(=O)C(CCCNC(=N)N)NC(=O)OC(C)(C)C. The molecule has 0 aromatic carbocycles. The zero-order valence-electron chi connectivity index (χ0n) is 12.0. The van der Waals surface area contributed by atoms with Gasteiger partial charge < -0.3 is 21.1 Å². The van der Waals surface area contributed by atoms with Gasteiger partial charge in [-0.2, -0.15) is 0 Å².